The number of hydrogen-bond acceptors (Lipinski definition) is 1. The fraction of sp³-hybridized carbons (Fsp3) is 0.286. The number of carbonyl (C=O) groups excluding carboxylic acids is 1. The lowest BCUT2D eigenvalue weighted by molar-refractivity contribution is -0.658. The van der Waals surface area contributed by atoms with Crippen molar-refractivity contribution >= 4 is 16.8 Å². The minimum absolute atomic E-state index is 0. The molecule has 0 spiro atoms. The van der Waals surface area contributed by atoms with Crippen molar-refractivity contribution in [2.45, 2.75) is 25.3 Å². The van der Waals surface area contributed by atoms with E-state index in [0.29, 0.717) is 5.92 Å². The standard InChI is InChI=1S/C14H14N2O.BrH/c15-14(17)9-16-8-7-11(10-5-6-10)12-3-1-2-4-13(12)16;/h1-4,7-8,10H,5-6,9H2,(H-,15,17);1H. The average molecular weight is 307 g/mol. The van der Waals surface area contributed by atoms with Gasteiger partial charge in [0.2, 0.25) is 12.1 Å². The van der Waals surface area contributed by atoms with Gasteiger partial charge in [-0.05, 0) is 30.4 Å². The van der Waals surface area contributed by atoms with E-state index in [2.05, 4.69) is 12.1 Å². The lowest BCUT2D eigenvalue weighted by Gasteiger charge is -2.04. The molecule has 0 unspecified atom stereocenters. The minimum Gasteiger partial charge on any atom is -1.00 e. The van der Waals surface area contributed by atoms with Crippen molar-refractivity contribution in [2.75, 3.05) is 0 Å². The minimum atomic E-state index is -0.306. The monoisotopic (exact) mass is 306 g/mol. The number of para-hydroxylation sites is 1. The van der Waals surface area contributed by atoms with Crippen molar-refractivity contribution in [1.82, 2.24) is 0 Å². The SMILES string of the molecule is NC(=O)C[n+]1ccc(C2CC2)c2ccccc21.[Br-]. The van der Waals surface area contributed by atoms with Crippen LogP contribution in [0.15, 0.2) is 36.5 Å². The molecule has 2 N–H and O–H groups in total. The molecule has 2 aromatic rings. The number of rotatable bonds is 3. The maximum Gasteiger partial charge on any atom is 0.283 e. The van der Waals surface area contributed by atoms with Crippen LogP contribution in [0.5, 0.6) is 0 Å². The molecule has 0 atom stereocenters. The van der Waals surface area contributed by atoms with Crippen molar-refractivity contribution in [3.8, 4) is 0 Å². The first-order valence-corrected chi connectivity index (χ1v) is 5.95. The van der Waals surface area contributed by atoms with Gasteiger partial charge in [-0.2, -0.15) is 4.57 Å². The fourth-order valence-electron chi connectivity index (χ4n) is 2.36. The molecule has 1 heterocycles. The summed E-state index contributed by atoms with van der Waals surface area (Å²) in [6, 6.07) is 10.3. The second kappa shape index (κ2) is 5.06. The molecular formula is C14H15BrN2O. The molecule has 1 saturated carbocycles. The number of pyridine rings is 1. The van der Waals surface area contributed by atoms with Crippen LogP contribution in [0.3, 0.4) is 0 Å². The average Bonchev–Trinajstić information content (AvgIpc) is 3.13. The number of nitrogens with zero attached hydrogens (tertiary/aromatic N) is 1. The quantitative estimate of drug-likeness (QED) is 0.689. The van der Waals surface area contributed by atoms with Crippen molar-refractivity contribution in [1.29, 1.82) is 0 Å². The molecule has 4 heteroatoms. The van der Waals surface area contributed by atoms with Crippen LogP contribution >= 0.6 is 0 Å². The molecule has 0 radical (unpaired) electrons. The molecule has 1 aromatic carbocycles. The van der Waals surface area contributed by atoms with Gasteiger partial charge in [0.15, 0.2) is 6.20 Å². The topological polar surface area (TPSA) is 47.0 Å². The summed E-state index contributed by atoms with van der Waals surface area (Å²) in [7, 11) is 0. The molecule has 3 nitrogen and oxygen atoms in total. The number of fused-ring (bicyclic) bond motifs is 1. The Morgan fingerprint density at radius 3 is 2.67 bits per heavy atom. The maximum atomic E-state index is 11.0. The zero-order chi connectivity index (χ0) is 11.8. The summed E-state index contributed by atoms with van der Waals surface area (Å²) in [6.07, 6.45) is 4.54. The third kappa shape index (κ3) is 2.38. The van der Waals surface area contributed by atoms with Gasteiger partial charge in [-0.15, -0.1) is 0 Å². The van der Waals surface area contributed by atoms with Crippen LogP contribution in [0.25, 0.3) is 10.9 Å². The number of halogens is 1. The van der Waals surface area contributed by atoms with E-state index in [1.165, 1.54) is 23.8 Å². The highest BCUT2D eigenvalue weighted by atomic mass is 79.9. The Morgan fingerprint density at radius 1 is 1.28 bits per heavy atom. The van der Waals surface area contributed by atoms with E-state index in [1.807, 2.05) is 29.0 Å². The van der Waals surface area contributed by atoms with Gasteiger partial charge in [0.05, 0.1) is 0 Å². The van der Waals surface area contributed by atoms with Crippen LogP contribution in [-0.4, -0.2) is 5.91 Å². The first kappa shape index (κ1) is 13.0. The van der Waals surface area contributed by atoms with Crippen molar-refractivity contribution in [3.05, 3.63) is 42.1 Å². The molecule has 1 amide bonds. The number of benzene rings is 1. The number of carbonyl (C=O) groups is 1. The summed E-state index contributed by atoms with van der Waals surface area (Å²) in [6.45, 7) is 0.242. The summed E-state index contributed by atoms with van der Waals surface area (Å²) in [4.78, 5) is 11.0. The van der Waals surface area contributed by atoms with Gasteiger partial charge in [0.1, 0.15) is 0 Å². The summed E-state index contributed by atoms with van der Waals surface area (Å²) in [5, 5.41) is 1.25. The Kier molecular flexibility index (Phi) is 3.66. The second-order valence-corrected chi connectivity index (χ2v) is 4.66. The van der Waals surface area contributed by atoms with Gasteiger partial charge >= 0.3 is 0 Å². The van der Waals surface area contributed by atoms with E-state index in [4.69, 9.17) is 5.73 Å². The molecule has 1 fully saturated rings. The van der Waals surface area contributed by atoms with Crippen LogP contribution in [0, 0.1) is 0 Å². The molecule has 3 rings (SSSR count). The van der Waals surface area contributed by atoms with Crippen molar-refractivity contribution in [3.63, 3.8) is 0 Å². The van der Waals surface area contributed by atoms with Crippen LogP contribution in [0.4, 0.5) is 0 Å². The van der Waals surface area contributed by atoms with Crippen LogP contribution in [-0.2, 0) is 11.3 Å². The molecule has 18 heavy (non-hydrogen) atoms. The molecule has 0 saturated heterocycles. The summed E-state index contributed by atoms with van der Waals surface area (Å²) in [5.41, 5.74) is 7.76. The molecular weight excluding hydrogens is 292 g/mol. The van der Waals surface area contributed by atoms with Crippen LogP contribution in [0.2, 0.25) is 0 Å². The third-order valence-electron chi connectivity index (χ3n) is 3.30. The van der Waals surface area contributed by atoms with Crippen molar-refractivity contribution in [2.24, 2.45) is 5.73 Å². The third-order valence-corrected chi connectivity index (χ3v) is 3.30. The maximum absolute atomic E-state index is 11.0. The van der Waals surface area contributed by atoms with E-state index in [-0.39, 0.29) is 29.4 Å². The Bertz CT molecular complexity index is 593. The highest BCUT2D eigenvalue weighted by Crippen LogP contribution is 2.42. The zero-order valence-corrected chi connectivity index (χ0v) is 11.6. The number of primary amides is 1. The van der Waals surface area contributed by atoms with Gasteiger partial charge in [-0.3, -0.25) is 4.79 Å². The van der Waals surface area contributed by atoms with E-state index in [1.54, 1.807) is 0 Å². The van der Waals surface area contributed by atoms with Crippen molar-refractivity contribution < 1.29 is 26.3 Å². The normalized spacial score (nSPS) is 14.2. The highest BCUT2D eigenvalue weighted by molar-refractivity contribution is 5.81. The Hall–Kier alpha value is -1.42. The number of amides is 1. The van der Waals surface area contributed by atoms with Crippen LogP contribution in [0.1, 0.15) is 24.3 Å². The first-order chi connectivity index (χ1) is 8.25. The number of hydrogen-bond donors (Lipinski definition) is 1. The predicted molar refractivity (Wildman–Crippen MR) is 65.3 cm³/mol. The van der Waals surface area contributed by atoms with E-state index in [9.17, 15) is 4.79 Å². The summed E-state index contributed by atoms with van der Waals surface area (Å²) >= 11 is 0. The molecule has 94 valence electrons. The molecule has 0 bridgehead atoms. The van der Waals surface area contributed by atoms with Crippen LogP contribution < -0.4 is 27.3 Å². The smallest absolute Gasteiger partial charge is 0.283 e. The molecule has 1 aromatic heterocycles. The van der Waals surface area contributed by atoms with Gasteiger partial charge in [-0.1, -0.05) is 12.1 Å². The second-order valence-electron chi connectivity index (χ2n) is 4.66. The Morgan fingerprint density at radius 2 is 2.00 bits per heavy atom. The van der Waals surface area contributed by atoms with E-state index in [0.717, 1.165) is 5.52 Å². The van der Waals surface area contributed by atoms with Gasteiger partial charge in [-0.25, -0.2) is 0 Å². The highest BCUT2D eigenvalue weighted by Gasteiger charge is 2.27. The molecule has 1 aliphatic carbocycles. The largest absolute Gasteiger partial charge is 1.00 e. The molecule has 1 aliphatic rings. The van der Waals surface area contributed by atoms with Gasteiger partial charge in [0, 0.05) is 17.5 Å². The van der Waals surface area contributed by atoms with E-state index < -0.39 is 0 Å². The lowest BCUT2D eigenvalue weighted by Crippen LogP contribution is -3.00. The zero-order valence-electron chi connectivity index (χ0n) is 9.97. The fourth-order valence-corrected chi connectivity index (χ4v) is 2.36. The Labute approximate surface area is 116 Å². The first-order valence-electron chi connectivity index (χ1n) is 5.95. The van der Waals surface area contributed by atoms with Gasteiger partial charge < -0.3 is 22.7 Å². The number of aromatic nitrogens is 1. The lowest BCUT2D eigenvalue weighted by atomic mass is 10.1. The number of nitrogens with two attached hydrogens (primary N) is 1. The van der Waals surface area contributed by atoms with Gasteiger partial charge in [0.25, 0.3) is 5.91 Å². The summed E-state index contributed by atoms with van der Waals surface area (Å²) in [5.74, 6) is 0.405. The Balaban J connectivity index is 0.00000120. The molecule has 0 aliphatic heterocycles. The van der Waals surface area contributed by atoms with E-state index >= 15 is 0 Å². The summed E-state index contributed by atoms with van der Waals surface area (Å²) < 4.78 is 1.92. The predicted octanol–water partition coefficient (Wildman–Crippen LogP) is -1.51.